The van der Waals surface area contributed by atoms with Crippen LogP contribution in [0.2, 0.25) is 0 Å². The molecule has 2 aliphatic heterocycles. The maximum atomic E-state index is 12.8. The summed E-state index contributed by atoms with van der Waals surface area (Å²) in [5.41, 5.74) is 1.70. The molecule has 2 atom stereocenters. The van der Waals surface area contributed by atoms with Gasteiger partial charge in [0.1, 0.15) is 11.8 Å². The molecule has 9 heteroatoms. The summed E-state index contributed by atoms with van der Waals surface area (Å²) in [6, 6.07) is 15.3. The maximum Gasteiger partial charge on any atom is 0.411 e. The number of amides is 2. The van der Waals surface area contributed by atoms with Crippen LogP contribution in [0.15, 0.2) is 70.6 Å². The Labute approximate surface area is 202 Å². The van der Waals surface area contributed by atoms with Gasteiger partial charge >= 0.3 is 6.09 Å². The van der Waals surface area contributed by atoms with E-state index in [1.165, 1.54) is 11.8 Å². The van der Waals surface area contributed by atoms with Crippen molar-refractivity contribution >= 4 is 23.8 Å². The molecule has 2 fully saturated rings. The zero-order valence-electron chi connectivity index (χ0n) is 18.9. The topological polar surface area (TPSA) is 88.8 Å². The van der Waals surface area contributed by atoms with Gasteiger partial charge in [0.2, 0.25) is 5.91 Å². The lowest BCUT2D eigenvalue weighted by molar-refractivity contribution is -0.129. The number of aromatic nitrogens is 2. The molecule has 4 heterocycles. The molecule has 0 spiro atoms. The van der Waals surface area contributed by atoms with Crippen LogP contribution in [-0.4, -0.2) is 62.7 Å². The first-order valence-electron chi connectivity index (χ1n) is 11.4. The zero-order valence-corrected chi connectivity index (χ0v) is 19.7. The molecule has 1 aromatic carbocycles. The van der Waals surface area contributed by atoms with E-state index in [2.05, 4.69) is 9.97 Å². The standard InChI is InChI=1S/C25H26N4O4S/c1-17-23(18-6-3-2-4-7-18)33-25(31)29(17)19-10-13-28(14-11-19)22(30)16-34-24-26-12-9-20(27-24)21-8-5-15-32-21/h2-9,12,15,17,19,23H,10-11,13-14,16H2,1H3. The second-order valence-corrected chi connectivity index (χ2v) is 9.41. The number of hydrogen-bond donors (Lipinski definition) is 0. The molecule has 176 valence electrons. The number of carbonyl (C=O) groups excluding carboxylic acids is 2. The van der Waals surface area contributed by atoms with Crippen LogP contribution in [0.1, 0.15) is 31.4 Å². The van der Waals surface area contributed by atoms with Crippen LogP contribution >= 0.6 is 11.8 Å². The number of likely N-dealkylation sites (tertiary alicyclic amines) is 1. The van der Waals surface area contributed by atoms with E-state index in [9.17, 15) is 9.59 Å². The van der Waals surface area contributed by atoms with Crippen molar-refractivity contribution in [3.8, 4) is 11.5 Å². The number of carbonyl (C=O) groups is 2. The Kier molecular flexibility index (Phi) is 6.53. The van der Waals surface area contributed by atoms with Gasteiger partial charge in [0.25, 0.3) is 0 Å². The molecule has 0 radical (unpaired) electrons. The van der Waals surface area contributed by atoms with Gasteiger partial charge in [-0.25, -0.2) is 14.8 Å². The van der Waals surface area contributed by atoms with Crippen molar-refractivity contribution in [1.29, 1.82) is 0 Å². The van der Waals surface area contributed by atoms with Crippen molar-refractivity contribution in [3.63, 3.8) is 0 Å². The third-order valence-corrected chi connectivity index (χ3v) is 7.23. The fraction of sp³-hybridized carbons (Fsp3) is 0.360. The molecule has 0 N–H and O–H groups in total. The fourth-order valence-corrected chi connectivity index (χ4v) is 5.37. The number of piperidine rings is 1. The van der Waals surface area contributed by atoms with Gasteiger partial charge in [0.15, 0.2) is 10.9 Å². The first-order valence-corrected chi connectivity index (χ1v) is 12.4. The molecule has 2 saturated heterocycles. The average molecular weight is 479 g/mol. The van der Waals surface area contributed by atoms with Gasteiger partial charge in [0.05, 0.1) is 18.1 Å². The van der Waals surface area contributed by atoms with Gasteiger partial charge in [-0.05, 0) is 43.5 Å². The Morgan fingerprint density at radius 3 is 2.65 bits per heavy atom. The third-order valence-electron chi connectivity index (χ3n) is 6.39. The Morgan fingerprint density at radius 2 is 1.91 bits per heavy atom. The van der Waals surface area contributed by atoms with Gasteiger partial charge in [-0.3, -0.25) is 9.69 Å². The molecule has 2 unspecified atom stereocenters. The third kappa shape index (κ3) is 4.65. The van der Waals surface area contributed by atoms with E-state index in [0.29, 0.717) is 29.7 Å². The number of benzene rings is 1. The second kappa shape index (κ2) is 9.89. The smallest absolute Gasteiger partial charge is 0.411 e. The molecule has 5 rings (SSSR count). The largest absolute Gasteiger partial charge is 0.463 e. The highest BCUT2D eigenvalue weighted by molar-refractivity contribution is 7.99. The van der Waals surface area contributed by atoms with Crippen LogP contribution in [0.5, 0.6) is 0 Å². The van der Waals surface area contributed by atoms with Gasteiger partial charge < -0.3 is 14.1 Å². The van der Waals surface area contributed by atoms with E-state index in [1.807, 2.05) is 59.2 Å². The monoisotopic (exact) mass is 478 g/mol. The van der Waals surface area contributed by atoms with Crippen LogP contribution in [0.3, 0.4) is 0 Å². The minimum absolute atomic E-state index is 0.0451. The lowest BCUT2D eigenvalue weighted by atomic mass is 9.98. The van der Waals surface area contributed by atoms with E-state index >= 15 is 0 Å². The summed E-state index contributed by atoms with van der Waals surface area (Å²) in [5, 5.41) is 0.540. The first kappa shape index (κ1) is 22.5. The fourth-order valence-electron chi connectivity index (χ4n) is 4.63. The number of furan rings is 1. The number of hydrogen-bond acceptors (Lipinski definition) is 7. The van der Waals surface area contributed by atoms with Gasteiger partial charge in [-0.15, -0.1) is 0 Å². The summed E-state index contributed by atoms with van der Waals surface area (Å²) >= 11 is 1.32. The Hall–Kier alpha value is -3.33. The SMILES string of the molecule is CC1C(c2ccccc2)OC(=O)N1C1CCN(C(=O)CSc2nccc(-c3ccco3)n2)CC1. The van der Waals surface area contributed by atoms with Crippen molar-refractivity contribution in [3.05, 3.63) is 66.6 Å². The summed E-state index contributed by atoms with van der Waals surface area (Å²) in [6.07, 6.45) is 4.21. The molecule has 8 nitrogen and oxygen atoms in total. The Bertz CT molecular complexity index is 1130. The van der Waals surface area contributed by atoms with Gasteiger partial charge in [-0.2, -0.15) is 0 Å². The average Bonchev–Trinajstić information content (AvgIpc) is 3.52. The van der Waals surface area contributed by atoms with Gasteiger partial charge in [-0.1, -0.05) is 42.1 Å². The first-order chi connectivity index (χ1) is 16.6. The second-order valence-electron chi connectivity index (χ2n) is 8.47. The molecule has 0 saturated carbocycles. The molecular formula is C25H26N4O4S. The van der Waals surface area contributed by atoms with Gasteiger partial charge in [0, 0.05) is 25.3 Å². The van der Waals surface area contributed by atoms with Crippen molar-refractivity contribution < 1.29 is 18.7 Å². The van der Waals surface area contributed by atoms with E-state index in [-0.39, 0.29) is 35.9 Å². The number of thioether (sulfide) groups is 1. The van der Waals surface area contributed by atoms with Crippen LogP contribution in [0, 0.1) is 0 Å². The van der Waals surface area contributed by atoms with E-state index < -0.39 is 0 Å². The Balaban J connectivity index is 1.14. The predicted molar refractivity (Wildman–Crippen MR) is 127 cm³/mol. The number of rotatable bonds is 6. The van der Waals surface area contributed by atoms with E-state index in [4.69, 9.17) is 9.15 Å². The quantitative estimate of drug-likeness (QED) is 0.383. The maximum absolute atomic E-state index is 12.8. The summed E-state index contributed by atoms with van der Waals surface area (Å²) < 4.78 is 11.1. The van der Waals surface area contributed by atoms with Crippen molar-refractivity contribution in [1.82, 2.24) is 19.8 Å². The minimum atomic E-state index is -0.268. The number of cyclic esters (lactones) is 1. The lowest BCUT2D eigenvalue weighted by Crippen LogP contribution is -2.49. The van der Waals surface area contributed by atoms with Crippen molar-refractivity contribution in [2.75, 3.05) is 18.8 Å². The van der Waals surface area contributed by atoms with Crippen molar-refractivity contribution in [2.24, 2.45) is 0 Å². The molecule has 2 aromatic heterocycles. The molecular weight excluding hydrogens is 452 g/mol. The number of ether oxygens (including phenoxy) is 1. The molecule has 0 aliphatic carbocycles. The molecule has 34 heavy (non-hydrogen) atoms. The molecule has 2 aliphatic rings. The predicted octanol–water partition coefficient (Wildman–Crippen LogP) is 4.40. The highest BCUT2D eigenvalue weighted by Crippen LogP contribution is 2.35. The number of nitrogens with zero attached hydrogens (tertiary/aromatic N) is 4. The highest BCUT2D eigenvalue weighted by atomic mass is 32.2. The minimum Gasteiger partial charge on any atom is -0.463 e. The molecule has 0 bridgehead atoms. The molecule has 2 amide bonds. The summed E-state index contributed by atoms with van der Waals surface area (Å²) in [6.45, 7) is 3.27. The molecule has 3 aromatic rings. The van der Waals surface area contributed by atoms with Crippen LogP contribution in [0.4, 0.5) is 4.79 Å². The van der Waals surface area contributed by atoms with E-state index in [0.717, 1.165) is 18.4 Å². The highest BCUT2D eigenvalue weighted by Gasteiger charge is 2.44. The van der Waals surface area contributed by atoms with Crippen LogP contribution in [-0.2, 0) is 9.53 Å². The van der Waals surface area contributed by atoms with Crippen LogP contribution < -0.4 is 0 Å². The summed E-state index contributed by atoms with van der Waals surface area (Å²) in [7, 11) is 0. The summed E-state index contributed by atoms with van der Waals surface area (Å²) in [4.78, 5) is 37.9. The lowest BCUT2D eigenvalue weighted by Gasteiger charge is -2.37. The van der Waals surface area contributed by atoms with Crippen LogP contribution in [0.25, 0.3) is 11.5 Å². The zero-order chi connectivity index (χ0) is 23.5. The normalized spacial score (nSPS) is 21.0. The van der Waals surface area contributed by atoms with E-state index in [1.54, 1.807) is 18.5 Å². The van der Waals surface area contributed by atoms with Crippen molar-refractivity contribution in [2.45, 2.75) is 43.1 Å². The Morgan fingerprint density at radius 1 is 1.12 bits per heavy atom. The summed E-state index contributed by atoms with van der Waals surface area (Å²) in [5.74, 6) is 0.987.